The monoisotopic (exact) mass is 337 g/mol. The van der Waals surface area contributed by atoms with Crippen LogP contribution in [0, 0.1) is 10.1 Å². The van der Waals surface area contributed by atoms with Crippen LogP contribution >= 0.6 is 15.9 Å². The van der Waals surface area contributed by atoms with Crippen molar-refractivity contribution in [3.8, 4) is 5.75 Å². The molecular weight excluding hydrogens is 326 g/mol. The summed E-state index contributed by atoms with van der Waals surface area (Å²) in [7, 11) is 0. The molecule has 1 N–H and O–H groups in total. The van der Waals surface area contributed by atoms with Crippen molar-refractivity contribution in [1.29, 1.82) is 0 Å². The van der Waals surface area contributed by atoms with Crippen molar-refractivity contribution in [2.45, 2.75) is 6.10 Å². The molecule has 0 saturated carbocycles. The average molecular weight is 338 g/mol. The summed E-state index contributed by atoms with van der Waals surface area (Å²) in [4.78, 5) is 10.3. The second-order valence-electron chi connectivity index (χ2n) is 4.10. The van der Waals surface area contributed by atoms with E-state index in [4.69, 9.17) is 4.74 Å². The van der Waals surface area contributed by atoms with Crippen LogP contribution in [0.25, 0.3) is 0 Å². The van der Waals surface area contributed by atoms with E-state index >= 15 is 0 Å². The van der Waals surface area contributed by atoms with Crippen LogP contribution in [-0.4, -0.2) is 16.6 Å². The first-order valence-electron chi connectivity index (χ1n) is 5.87. The molecule has 0 aliphatic rings. The number of nitro benzene ring substituents is 1. The van der Waals surface area contributed by atoms with E-state index in [-0.39, 0.29) is 18.0 Å². The smallest absolute Gasteiger partial charge is 0.310 e. The summed E-state index contributed by atoms with van der Waals surface area (Å²) in [6.07, 6.45) is -0.845. The highest BCUT2D eigenvalue weighted by Gasteiger charge is 2.15. The van der Waals surface area contributed by atoms with Crippen molar-refractivity contribution in [2.75, 3.05) is 6.61 Å². The third kappa shape index (κ3) is 3.55. The number of aliphatic hydroxyl groups is 1. The molecule has 5 nitrogen and oxygen atoms in total. The van der Waals surface area contributed by atoms with E-state index in [1.807, 2.05) is 12.1 Å². The van der Waals surface area contributed by atoms with E-state index in [9.17, 15) is 15.2 Å². The summed E-state index contributed by atoms with van der Waals surface area (Å²) in [6.45, 7) is -0.0491. The molecule has 0 aliphatic heterocycles. The highest BCUT2D eigenvalue weighted by atomic mass is 79.9. The van der Waals surface area contributed by atoms with E-state index in [0.717, 1.165) is 4.47 Å². The van der Waals surface area contributed by atoms with Gasteiger partial charge in [0, 0.05) is 10.5 Å². The molecule has 1 unspecified atom stereocenters. The molecule has 0 radical (unpaired) electrons. The first-order valence-corrected chi connectivity index (χ1v) is 6.67. The van der Waals surface area contributed by atoms with Crippen LogP contribution in [-0.2, 0) is 0 Å². The number of rotatable bonds is 5. The topological polar surface area (TPSA) is 72.6 Å². The normalized spacial score (nSPS) is 11.9. The molecule has 0 amide bonds. The van der Waals surface area contributed by atoms with Gasteiger partial charge >= 0.3 is 5.69 Å². The van der Waals surface area contributed by atoms with Gasteiger partial charge < -0.3 is 9.84 Å². The number of hydrogen-bond donors (Lipinski definition) is 1. The third-order valence-electron chi connectivity index (χ3n) is 2.71. The minimum atomic E-state index is -0.845. The number of hydrogen-bond acceptors (Lipinski definition) is 4. The SMILES string of the molecule is O=[N+]([O-])c1ccccc1OCC(O)c1ccc(Br)cc1. The maximum Gasteiger partial charge on any atom is 0.310 e. The fourth-order valence-corrected chi connectivity index (χ4v) is 1.94. The van der Waals surface area contributed by atoms with Gasteiger partial charge in [-0.1, -0.05) is 40.2 Å². The van der Waals surface area contributed by atoms with Crippen LogP contribution in [0.5, 0.6) is 5.75 Å². The molecule has 6 heteroatoms. The second-order valence-corrected chi connectivity index (χ2v) is 5.02. The minimum absolute atomic E-state index is 0.0491. The zero-order valence-electron chi connectivity index (χ0n) is 10.4. The molecule has 0 saturated heterocycles. The predicted molar refractivity (Wildman–Crippen MR) is 77.7 cm³/mol. The summed E-state index contributed by atoms with van der Waals surface area (Å²) < 4.78 is 6.25. The lowest BCUT2D eigenvalue weighted by molar-refractivity contribution is -0.385. The van der Waals surface area contributed by atoms with E-state index in [1.165, 1.54) is 12.1 Å². The van der Waals surface area contributed by atoms with Crippen molar-refractivity contribution < 1.29 is 14.8 Å². The lowest BCUT2D eigenvalue weighted by Crippen LogP contribution is -2.10. The number of nitro groups is 1. The van der Waals surface area contributed by atoms with Gasteiger partial charge in [-0.15, -0.1) is 0 Å². The van der Waals surface area contributed by atoms with Crippen LogP contribution in [0.3, 0.4) is 0 Å². The fourth-order valence-electron chi connectivity index (χ4n) is 1.68. The Bertz CT molecular complexity index is 600. The molecule has 20 heavy (non-hydrogen) atoms. The molecule has 2 rings (SSSR count). The summed E-state index contributed by atoms with van der Waals surface area (Å²) in [5.74, 6) is 0.147. The first-order chi connectivity index (χ1) is 9.58. The van der Waals surface area contributed by atoms with Gasteiger partial charge in [-0.05, 0) is 23.8 Å². The Hall–Kier alpha value is -1.92. The first kappa shape index (κ1) is 14.5. The molecule has 0 aromatic heterocycles. The molecule has 0 fully saturated rings. The molecule has 104 valence electrons. The van der Waals surface area contributed by atoms with Gasteiger partial charge in [-0.2, -0.15) is 0 Å². The Morgan fingerprint density at radius 2 is 1.85 bits per heavy atom. The number of halogens is 1. The molecule has 0 heterocycles. The van der Waals surface area contributed by atoms with Crippen LogP contribution in [0.1, 0.15) is 11.7 Å². The minimum Gasteiger partial charge on any atom is -0.484 e. The lowest BCUT2D eigenvalue weighted by atomic mass is 10.1. The number of nitrogens with zero attached hydrogens (tertiary/aromatic N) is 1. The number of benzene rings is 2. The van der Waals surface area contributed by atoms with Crippen molar-refractivity contribution >= 4 is 21.6 Å². The standard InChI is InChI=1S/C14H12BrNO4/c15-11-7-5-10(6-8-11)13(17)9-20-14-4-2-1-3-12(14)16(18)19/h1-8,13,17H,9H2. The van der Waals surface area contributed by atoms with Gasteiger partial charge in [0.25, 0.3) is 0 Å². The maximum atomic E-state index is 10.8. The molecule has 0 aliphatic carbocycles. The maximum absolute atomic E-state index is 10.8. The Morgan fingerprint density at radius 3 is 2.50 bits per heavy atom. The Balaban J connectivity index is 2.05. The van der Waals surface area contributed by atoms with Crippen molar-refractivity contribution in [3.63, 3.8) is 0 Å². The lowest BCUT2D eigenvalue weighted by Gasteiger charge is -2.12. The van der Waals surface area contributed by atoms with Gasteiger partial charge in [-0.25, -0.2) is 0 Å². The Kier molecular flexibility index (Phi) is 4.70. The zero-order chi connectivity index (χ0) is 14.5. The van der Waals surface area contributed by atoms with Gasteiger partial charge in [0.1, 0.15) is 12.7 Å². The quantitative estimate of drug-likeness (QED) is 0.669. The van der Waals surface area contributed by atoms with Crippen LogP contribution in [0.4, 0.5) is 5.69 Å². The van der Waals surface area contributed by atoms with E-state index in [0.29, 0.717) is 5.56 Å². The third-order valence-corrected chi connectivity index (χ3v) is 3.24. The van der Waals surface area contributed by atoms with Gasteiger partial charge in [0.15, 0.2) is 5.75 Å². The molecule has 0 spiro atoms. The van der Waals surface area contributed by atoms with Gasteiger partial charge in [0.05, 0.1) is 4.92 Å². The predicted octanol–water partition coefficient (Wildman–Crippen LogP) is 3.47. The second kappa shape index (κ2) is 6.49. The largest absolute Gasteiger partial charge is 0.484 e. The summed E-state index contributed by atoms with van der Waals surface area (Å²) >= 11 is 3.31. The van der Waals surface area contributed by atoms with E-state index in [2.05, 4.69) is 15.9 Å². The van der Waals surface area contributed by atoms with Crippen molar-refractivity contribution in [2.24, 2.45) is 0 Å². The van der Waals surface area contributed by atoms with Crippen molar-refractivity contribution in [1.82, 2.24) is 0 Å². The number of aliphatic hydroxyl groups excluding tert-OH is 1. The molecular formula is C14H12BrNO4. The fraction of sp³-hybridized carbons (Fsp3) is 0.143. The molecule has 1 atom stereocenters. The zero-order valence-corrected chi connectivity index (χ0v) is 12.0. The van der Waals surface area contributed by atoms with Crippen molar-refractivity contribution in [3.05, 3.63) is 68.7 Å². The summed E-state index contributed by atoms with van der Waals surface area (Å²) in [5, 5.41) is 20.8. The Morgan fingerprint density at radius 1 is 1.20 bits per heavy atom. The van der Waals surface area contributed by atoms with Crippen LogP contribution in [0.15, 0.2) is 53.0 Å². The number of ether oxygens (including phenoxy) is 1. The van der Waals surface area contributed by atoms with E-state index in [1.54, 1.807) is 24.3 Å². The molecule has 2 aromatic carbocycles. The van der Waals surface area contributed by atoms with Crippen LogP contribution < -0.4 is 4.74 Å². The molecule has 0 bridgehead atoms. The highest BCUT2D eigenvalue weighted by molar-refractivity contribution is 9.10. The van der Waals surface area contributed by atoms with Gasteiger partial charge in [-0.3, -0.25) is 10.1 Å². The molecule has 2 aromatic rings. The van der Waals surface area contributed by atoms with E-state index < -0.39 is 11.0 Å². The summed E-state index contributed by atoms with van der Waals surface area (Å²) in [6, 6.07) is 13.2. The Labute approximate surface area is 124 Å². The average Bonchev–Trinajstić information content (AvgIpc) is 2.45. The highest BCUT2D eigenvalue weighted by Crippen LogP contribution is 2.27. The number of para-hydroxylation sites is 2. The van der Waals surface area contributed by atoms with Gasteiger partial charge in [0.2, 0.25) is 0 Å². The summed E-state index contributed by atoms with van der Waals surface area (Å²) in [5.41, 5.74) is 0.572. The van der Waals surface area contributed by atoms with Crippen LogP contribution in [0.2, 0.25) is 0 Å².